The van der Waals surface area contributed by atoms with E-state index in [1.165, 1.54) is 0 Å². The first-order valence-corrected chi connectivity index (χ1v) is 1.62. The largest absolute Gasteiger partial charge is 0.437 e. The molecule has 38 valence electrons. The molecule has 0 bridgehead atoms. The van der Waals surface area contributed by atoms with E-state index in [1.54, 1.807) is 0 Å². The van der Waals surface area contributed by atoms with Crippen LogP contribution in [0.25, 0.3) is 0 Å². The van der Waals surface area contributed by atoms with Gasteiger partial charge in [-0.2, -0.15) is 0 Å². The van der Waals surface area contributed by atoms with Gasteiger partial charge in [-0.05, 0) is 5.92 Å². The average molecular weight is 99.1 g/mol. The molecule has 0 saturated carbocycles. The minimum Gasteiger partial charge on any atom is -0.437 e. The minimum absolute atomic E-state index is 0.213. The summed E-state index contributed by atoms with van der Waals surface area (Å²) in [5.41, 5.74) is 4.89. The van der Waals surface area contributed by atoms with Crippen molar-refractivity contribution in [2.45, 2.75) is 6.23 Å². The van der Waals surface area contributed by atoms with Crippen molar-refractivity contribution in [3.8, 4) is 12.3 Å². The molecule has 0 heterocycles. The maximum absolute atomic E-state index is 9.38. The molecule has 0 spiro atoms. The van der Waals surface area contributed by atoms with Gasteiger partial charge in [0.1, 0.15) is 0 Å². The number of ether oxygens (including phenoxy) is 1. The van der Waals surface area contributed by atoms with Crippen molar-refractivity contribution in [2.75, 3.05) is 0 Å². The van der Waals surface area contributed by atoms with Crippen LogP contribution in [-0.4, -0.2) is 12.7 Å². The van der Waals surface area contributed by atoms with Gasteiger partial charge in [0.15, 0.2) is 0 Å². The van der Waals surface area contributed by atoms with E-state index in [-0.39, 0.29) is 6.47 Å². The Labute approximate surface area is 41.4 Å². The Balaban J connectivity index is 3.21. The summed E-state index contributed by atoms with van der Waals surface area (Å²) in [6, 6.07) is 0. The van der Waals surface area contributed by atoms with Crippen LogP contribution in [0.15, 0.2) is 0 Å². The van der Waals surface area contributed by atoms with Crippen molar-refractivity contribution in [2.24, 2.45) is 5.73 Å². The summed E-state index contributed by atoms with van der Waals surface area (Å²) in [7, 11) is 0. The normalized spacial score (nSPS) is 11.4. The summed E-state index contributed by atoms with van der Waals surface area (Å²) in [6.07, 6.45) is 3.81. The number of carbonyl (C=O) groups is 1. The molecule has 1 atom stereocenters. The maximum Gasteiger partial charge on any atom is 0.295 e. The molecule has 3 heteroatoms. The topological polar surface area (TPSA) is 52.3 Å². The van der Waals surface area contributed by atoms with E-state index < -0.39 is 6.23 Å². The van der Waals surface area contributed by atoms with Crippen LogP contribution >= 0.6 is 0 Å². The number of carbonyl (C=O) groups excluding carboxylic acids is 1. The third-order valence-corrected chi connectivity index (χ3v) is 0.366. The van der Waals surface area contributed by atoms with Gasteiger partial charge in [-0.15, -0.1) is 6.42 Å². The molecule has 0 fully saturated rings. The molecular weight excluding hydrogens is 94.0 g/mol. The standard InChI is InChI=1S/C4H5NO2/c1-2-4(5)7-3-6/h1,3-4H,5H2. The van der Waals surface area contributed by atoms with Crippen molar-refractivity contribution < 1.29 is 9.53 Å². The van der Waals surface area contributed by atoms with Crippen LogP contribution in [-0.2, 0) is 9.53 Å². The van der Waals surface area contributed by atoms with Gasteiger partial charge in [0.05, 0.1) is 0 Å². The molecule has 0 aliphatic heterocycles. The second kappa shape index (κ2) is 3.19. The Morgan fingerprint density at radius 2 is 2.57 bits per heavy atom. The molecule has 0 aliphatic carbocycles. The molecule has 0 aromatic heterocycles. The highest BCUT2D eigenvalue weighted by atomic mass is 16.5. The fourth-order valence-corrected chi connectivity index (χ4v) is 0.0991. The predicted octanol–water partition coefficient (Wildman–Crippen LogP) is -0.923. The highest BCUT2D eigenvalue weighted by Crippen LogP contribution is 1.69. The maximum atomic E-state index is 9.38. The summed E-state index contributed by atoms with van der Waals surface area (Å²) < 4.78 is 4.05. The zero-order chi connectivity index (χ0) is 5.70. The Bertz CT molecular complexity index is 94.4. The van der Waals surface area contributed by atoms with Gasteiger partial charge in [-0.3, -0.25) is 10.5 Å². The van der Waals surface area contributed by atoms with Crippen LogP contribution in [0.3, 0.4) is 0 Å². The number of hydrogen-bond acceptors (Lipinski definition) is 3. The lowest BCUT2D eigenvalue weighted by Crippen LogP contribution is -2.20. The molecule has 0 aromatic carbocycles. The van der Waals surface area contributed by atoms with Crippen molar-refractivity contribution in [1.82, 2.24) is 0 Å². The number of terminal acetylenes is 1. The van der Waals surface area contributed by atoms with Crippen molar-refractivity contribution in [1.29, 1.82) is 0 Å². The van der Waals surface area contributed by atoms with Gasteiger partial charge >= 0.3 is 0 Å². The van der Waals surface area contributed by atoms with Gasteiger partial charge in [0.2, 0.25) is 6.23 Å². The Morgan fingerprint density at radius 1 is 2.00 bits per heavy atom. The van der Waals surface area contributed by atoms with Gasteiger partial charge in [0.25, 0.3) is 6.47 Å². The van der Waals surface area contributed by atoms with Gasteiger partial charge in [0, 0.05) is 0 Å². The molecule has 0 aliphatic rings. The monoisotopic (exact) mass is 99.0 g/mol. The van der Waals surface area contributed by atoms with Crippen LogP contribution in [0.2, 0.25) is 0 Å². The van der Waals surface area contributed by atoms with Crippen LogP contribution in [0, 0.1) is 12.3 Å². The van der Waals surface area contributed by atoms with E-state index in [0.717, 1.165) is 0 Å². The Morgan fingerprint density at radius 3 is 2.71 bits per heavy atom. The van der Waals surface area contributed by atoms with E-state index in [1.807, 2.05) is 5.92 Å². The van der Waals surface area contributed by atoms with Gasteiger partial charge < -0.3 is 4.74 Å². The summed E-state index contributed by atoms with van der Waals surface area (Å²) in [6.45, 7) is 0.213. The average Bonchev–Trinajstić information content (AvgIpc) is 1.68. The zero-order valence-corrected chi connectivity index (χ0v) is 3.63. The van der Waals surface area contributed by atoms with E-state index in [4.69, 9.17) is 12.2 Å². The molecule has 0 aromatic rings. The summed E-state index contributed by atoms with van der Waals surface area (Å²) in [5.74, 6) is 1.99. The van der Waals surface area contributed by atoms with E-state index in [2.05, 4.69) is 4.74 Å². The molecule has 3 nitrogen and oxygen atoms in total. The van der Waals surface area contributed by atoms with Gasteiger partial charge in [-0.25, -0.2) is 0 Å². The molecule has 0 amide bonds. The van der Waals surface area contributed by atoms with Crippen molar-refractivity contribution in [3.05, 3.63) is 0 Å². The second-order valence-electron chi connectivity index (χ2n) is 0.820. The first-order valence-electron chi connectivity index (χ1n) is 1.62. The lowest BCUT2D eigenvalue weighted by molar-refractivity contribution is -0.130. The van der Waals surface area contributed by atoms with E-state index >= 15 is 0 Å². The van der Waals surface area contributed by atoms with Crippen LogP contribution < -0.4 is 5.73 Å². The van der Waals surface area contributed by atoms with Crippen LogP contribution in [0.5, 0.6) is 0 Å². The van der Waals surface area contributed by atoms with Crippen molar-refractivity contribution in [3.63, 3.8) is 0 Å². The fourth-order valence-electron chi connectivity index (χ4n) is 0.0991. The summed E-state index contributed by atoms with van der Waals surface area (Å²) in [5, 5.41) is 0. The van der Waals surface area contributed by atoms with Crippen molar-refractivity contribution >= 4 is 6.47 Å². The third kappa shape index (κ3) is 2.80. The molecule has 2 N–H and O–H groups in total. The molecule has 0 radical (unpaired) electrons. The molecule has 1 unspecified atom stereocenters. The quantitative estimate of drug-likeness (QED) is 0.276. The summed E-state index contributed by atoms with van der Waals surface area (Å²) >= 11 is 0. The van der Waals surface area contributed by atoms with Gasteiger partial charge in [-0.1, -0.05) is 0 Å². The number of rotatable bonds is 2. The first-order chi connectivity index (χ1) is 3.31. The lowest BCUT2D eigenvalue weighted by atomic mass is 10.6. The van der Waals surface area contributed by atoms with Crippen LogP contribution in [0.4, 0.5) is 0 Å². The molecule has 0 rings (SSSR count). The SMILES string of the molecule is C#CC(N)OC=O. The minimum atomic E-state index is -0.891. The Kier molecular flexibility index (Phi) is 2.73. The predicted molar refractivity (Wildman–Crippen MR) is 24.0 cm³/mol. The van der Waals surface area contributed by atoms with Crippen LogP contribution in [0.1, 0.15) is 0 Å². The highest BCUT2D eigenvalue weighted by molar-refractivity contribution is 5.38. The molecule has 0 saturated heterocycles. The third-order valence-electron chi connectivity index (χ3n) is 0.366. The second-order valence-corrected chi connectivity index (χ2v) is 0.820. The number of hydrogen-bond donors (Lipinski definition) is 1. The molecular formula is C4H5NO2. The zero-order valence-electron chi connectivity index (χ0n) is 3.63. The Hall–Kier alpha value is -1.01. The fraction of sp³-hybridized carbons (Fsp3) is 0.250. The molecule has 7 heavy (non-hydrogen) atoms. The summed E-state index contributed by atoms with van der Waals surface area (Å²) in [4.78, 5) is 9.38. The smallest absolute Gasteiger partial charge is 0.295 e. The highest BCUT2D eigenvalue weighted by Gasteiger charge is 1.88. The van der Waals surface area contributed by atoms with E-state index in [9.17, 15) is 4.79 Å². The lowest BCUT2D eigenvalue weighted by Gasteiger charge is -1.96. The number of nitrogens with two attached hydrogens (primary N) is 1. The first kappa shape index (κ1) is 5.99. The van der Waals surface area contributed by atoms with E-state index in [0.29, 0.717) is 0 Å².